The summed E-state index contributed by atoms with van der Waals surface area (Å²) in [4.78, 5) is 63.2. The lowest BCUT2D eigenvalue weighted by molar-refractivity contribution is -0.131. The molecule has 1 aromatic carbocycles. The largest absolute Gasteiger partial charge is 0.508 e. The first-order valence-electron chi connectivity index (χ1n) is 18.1. The number of phenols is 1. The molecule has 15 heteroatoms. The zero-order valence-corrected chi connectivity index (χ0v) is 30.7. The molecule has 4 atom stereocenters. The highest BCUT2D eigenvalue weighted by Gasteiger charge is 2.27. The third kappa shape index (κ3) is 22.0. The number of Topliss-reactive ketones (excluding diaryl/α,β-unsaturated/α-hetero) is 1. The third-order valence-corrected chi connectivity index (χ3v) is 8.20. The molecular weight excluding hydrogens is 660 g/mol. The maximum Gasteiger partial charge on any atom is 0.245 e. The minimum atomic E-state index is -1.06. The van der Waals surface area contributed by atoms with E-state index in [4.69, 9.17) is 25.7 Å². The number of nitrogens with two attached hydrogens (primary N) is 2. The number of nitrogens with one attached hydrogen (secondary N) is 4. The van der Waals surface area contributed by atoms with Crippen LogP contribution in [-0.2, 0) is 44.6 Å². The Kier molecular flexibility index (Phi) is 24.9. The van der Waals surface area contributed by atoms with Gasteiger partial charge in [-0.15, -0.1) is 0 Å². The molecule has 0 radical (unpaired) electrons. The summed E-state index contributed by atoms with van der Waals surface area (Å²) >= 11 is 0. The third-order valence-electron chi connectivity index (χ3n) is 8.20. The fourth-order valence-electron chi connectivity index (χ4n) is 5.03. The van der Waals surface area contributed by atoms with Gasteiger partial charge in [0.2, 0.25) is 23.6 Å². The highest BCUT2D eigenvalue weighted by Crippen LogP contribution is 2.12. The fourth-order valence-corrected chi connectivity index (χ4v) is 5.03. The van der Waals surface area contributed by atoms with Gasteiger partial charge in [0, 0.05) is 20.1 Å². The maximum atomic E-state index is 13.4. The quantitative estimate of drug-likeness (QED) is 0.0534. The molecule has 0 aliphatic rings. The van der Waals surface area contributed by atoms with Crippen molar-refractivity contribution < 1.29 is 43.3 Å². The number of rotatable bonds is 31. The normalized spacial score (nSPS) is 13.5. The van der Waals surface area contributed by atoms with Crippen LogP contribution in [0.1, 0.15) is 83.6 Å². The van der Waals surface area contributed by atoms with Crippen LogP contribution in [0.4, 0.5) is 0 Å². The number of phenolic OH excluding ortho intramolecular Hbond substituents is 1. The van der Waals surface area contributed by atoms with Crippen LogP contribution < -0.4 is 32.7 Å². The lowest BCUT2D eigenvalue weighted by Crippen LogP contribution is -2.55. The van der Waals surface area contributed by atoms with Crippen LogP contribution in [0.5, 0.6) is 5.75 Å². The molecule has 0 aliphatic carbocycles. The van der Waals surface area contributed by atoms with E-state index in [9.17, 15) is 29.1 Å². The van der Waals surface area contributed by atoms with Gasteiger partial charge in [-0.3, -0.25) is 29.3 Å². The first kappa shape index (κ1) is 45.4. The summed E-state index contributed by atoms with van der Waals surface area (Å²) in [6.07, 6.45) is 8.37. The minimum absolute atomic E-state index is 0.0512. The second-order valence-electron chi connectivity index (χ2n) is 12.6. The Bertz CT molecular complexity index is 1150. The fraction of sp³-hybridized carbons (Fsp3) is 0.694. The Labute approximate surface area is 302 Å². The standard InChI is InChI=1S/C36H62N6O9/c1-4-5-6-7-8-9-13-30(34(38)46)40-24-32(44)26(2)41-36(48)31(23-27-14-16-28(43)17-15-27)42-35(47)29(37)12-10-11-18-39-33(45)25-51-22-21-50-20-19-49-3/h14-17,26,29-31,40,43H,4-13,18-25,37H2,1-3H3,(H2,38,46)(H,39,45)(H,41,48)(H,42,47)/t26-,29+,30?,31+/m1/s1. The van der Waals surface area contributed by atoms with Gasteiger partial charge in [0.15, 0.2) is 5.78 Å². The molecule has 0 saturated heterocycles. The van der Waals surface area contributed by atoms with E-state index >= 15 is 0 Å². The van der Waals surface area contributed by atoms with E-state index < -0.39 is 41.9 Å². The lowest BCUT2D eigenvalue weighted by Gasteiger charge is -2.23. The number of aromatic hydroxyl groups is 1. The van der Waals surface area contributed by atoms with Gasteiger partial charge in [0.05, 0.1) is 51.1 Å². The summed E-state index contributed by atoms with van der Waals surface area (Å²) in [6, 6.07) is 2.65. The molecule has 1 unspecified atom stereocenters. The van der Waals surface area contributed by atoms with Crippen LogP contribution in [0.2, 0.25) is 0 Å². The van der Waals surface area contributed by atoms with E-state index in [2.05, 4.69) is 28.2 Å². The summed E-state index contributed by atoms with van der Waals surface area (Å²) < 4.78 is 15.4. The number of primary amides is 1. The van der Waals surface area contributed by atoms with E-state index in [1.165, 1.54) is 25.5 Å². The van der Waals surface area contributed by atoms with Crippen LogP contribution in [0.15, 0.2) is 24.3 Å². The molecular formula is C36H62N6O9. The molecule has 0 bridgehead atoms. The van der Waals surface area contributed by atoms with Crippen molar-refractivity contribution in [1.29, 1.82) is 0 Å². The predicted molar refractivity (Wildman–Crippen MR) is 194 cm³/mol. The highest BCUT2D eigenvalue weighted by atomic mass is 16.5. The average molecular weight is 723 g/mol. The molecule has 290 valence electrons. The molecule has 0 heterocycles. The molecule has 0 aromatic heterocycles. The number of amides is 4. The minimum Gasteiger partial charge on any atom is -0.508 e. The molecule has 1 aromatic rings. The Morgan fingerprint density at radius 3 is 2.14 bits per heavy atom. The lowest BCUT2D eigenvalue weighted by atomic mass is 10.0. The number of ether oxygens (including phenoxy) is 3. The van der Waals surface area contributed by atoms with Gasteiger partial charge in [-0.1, -0.05) is 57.6 Å². The van der Waals surface area contributed by atoms with Gasteiger partial charge in [-0.2, -0.15) is 0 Å². The Hall–Kier alpha value is -3.63. The van der Waals surface area contributed by atoms with Crippen molar-refractivity contribution in [3.63, 3.8) is 0 Å². The van der Waals surface area contributed by atoms with Crippen molar-refractivity contribution in [2.45, 2.75) is 109 Å². The van der Waals surface area contributed by atoms with Crippen molar-refractivity contribution in [3.8, 4) is 5.75 Å². The summed E-state index contributed by atoms with van der Waals surface area (Å²) in [5.74, 6) is -2.23. The van der Waals surface area contributed by atoms with Crippen LogP contribution in [0.3, 0.4) is 0 Å². The maximum absolute atomic E-state index is 13.4. The number of methoxy groups -OCH3 is 1. The molecule has 51 heavy (non-hydrogen) atoms. The monoisotopic (exact) mass is 722 g/mol. The van der Waals surface area contributed by atoms with Gasteiger partial charge < -0.3 is 46.7 Å². The second-order valence-corrected chi connectivity index (χ2v) is 12.6. The van der Waals surface area contributed by atoms with Crippen molar-refractivity contribution in [1.82, 2.24) is 21.3 Å². The van der Waals surface area contributed by atoms with Gasteiger partial charge in [-0.25, -0.2) is 0 Å². The van der Waals surface area contributed by atoms with E-state index in [-0.39, 0.29) is 43.6 Å². The summed E-state index contributed by atoms with van der Waals surface area (Å²) in [5.41, 5.74) is 12.4. The van der Waals surface area contributed by atoms with Gasteiger partial charge in [0.25, 0.3) is 0 Å². The van der Waals surface area contributed by atoms with E-state index in [0.29, 0.717) is 57.6 Å². The van der Waals surface area contributed by atoms with Crippen molar-refractivity contribution in [3.05, 3.63) is 29.8 Å². The van der Waals surface area contributed by atoms with Crippen LogP contribution in [-0.4, -0.2) is 112 Å². The number of hydrogen-bond donors (Lipinski definition) is 7. The van der Waals surface area contributed by atoms with E-state index in [1.807, 2.05) is 0 Å². The molecule has 0 saturated carbocycles. The SMILES string of the molecule is CCCCCCCCC(NCC(=O)[C@@H](C)NC(=O)[C@H](Cc1ccc(O)cc1)NC(=O)[C@@H](N)CCCCNC(=O)COCCOCCOC)C(N)=O. The average Bonchev–Trinajstić information content (AvgIpc) is 3.10. The Balaban J connectivity index is 2.59. The van der Waals surface area contributed by atoms with Crippen LogP contribution in [0.25, 0.3) is 0 Å². The van der Waals surface area contributed by atoms with Crippen molar-refractivity contribution in [2.75, 3.05) is 53.2 Å². The smallest absolute Gasteiger partial charge is 0.245 e. The topological polar surface area (TPSA) is 233 Å². The molecule has 15 nitrogen and oxygen atoms in total. The zero-order valence-electron chi connectivity index (χ0n) is 30.7. The number of unbranched alkanes of at least 4 members (excludes halogenated alkanes) is 6. The Morgan fingerprint density at radius 1 is 0.804 bits per heavy atom. The first-order valence-corrected chi connectivity index (χ1v) is 18.1. The number of carbonyl (C=O) groups excluding carboxylic acids is 5. The molecule has 0 fully saturated rings. The summed E-state index contributed by atoms with van der Waals surface area (Å²) in [6.45, 7) is 5.40. The van der Waals surface area contributed by atoms with E-state index in [0.717, 1.165) is 32.1 Å². The van der Waals surface area contributed by atoms with E-state index in [1.54, 1.807) is 19.2 Å². The first-order chi connectivity index (χ1) is 24.5. The highest BCUT2D eigenvalue weighted by molar-refractivity contribution is 5.94. The van der Waals surface area contributed by atoms with Crippen LogP contribution >= 0.6 is 0 Å². The van der Waals surface area contributed by atoms with Gasteiger partial charge in [-0.05, 0) is 50.3 Å². The molecule has 1 rings (SSSR count). The molecule has 0 aliphatic heterocycles. The second kappa shape index (κ2) is 28.0. The number of benzene rings is 1. The van der Waals surface area contributed by atoms with Gasteiger partial charge in [0.1, 0.15) is 18.4 Å². The zero-order chi connectivity index (χ0) is 37.9. The Morgan fingerprint density at radius 2 is 1.45 bits per heavy atom. The summed E-state index contributed by atoms with van der Waals surface area (Å²) in [5, 5.41) is 20.7. The number of carbonyl (C=O) groups is 5. The molecule has 0 spiro atoms. The summed E-state index contributed by atoms with van der Waals surface area (Å²) in [7, 11) is 1.58. The number of ketones is 1. The van der Waals surface area contributed by atoms with Crippen molar-refractivity contribution in [2.24, 2.45) is 11.5 Å². The number of hydrogen-bond acceptors (Lipinski definition) is 11. The molecule has 4 amide bonds. The predicted octanol–water partition coefficient (Wildman–Crippen LogP) is 0.981. The van der Waals surface area contributed by atoms with Crippen molar-refractivity contribution >= 4 is 29.4 Å². The van der Waals surface area contributed by atoms with Crippen LogP contribution in [0, 0.1) is 0 Å². The molecule has 9 N–H and O–H groups in total. The van der Waals surface area contributed by atoms with Gasteiger partial charge >= 0.3 is 0 Å².